The van der Waals surface area contributed by atoms with Gasteiger partial charge in [-0.25, -0.2) is 4.99 Å². The van der Waals surface area contributed by atoms with E-state index in [-0.39, 0.29) is 0 Å². The second-order valence-electron chi connectivity index (χ2n) is 4.11. The highest BCUT2D eigenvalue weighted by Gasteiger charge is 2.13. The van der Waals surface area contributed by atoms with Crippen LogP contribution in [0.3, 0.4) is 0 Å². The minimum atomic E-state index is 0.592. The molecule has 0 amide bonds. The summed E-state index contributed by atoms with van der Waals surface area (Å²) in [6.07, 6.45) is 0.613. The Morgan fingerprint density at radius 2 is 2.06 bits per heavy atom. The van der Waals surface area contributed by atoms with Crippen molar-refractivity contribution < 1.29 is 9.15 Å². The molecular formula is C14H13NO2. The van der Waals surface area contributed by atoms with Crippen LogP contribution in [0.2, 0.25) is 0 Å². The summed E-state index contributed by atoms with van der Waals surface area (Å²) < 4.78 is 11.1. The minimum Gasteiger partial charge on any atom is -0.475 e. The van der Waals surface area contributed by atoms with Gasteiger partial charge in [0.15, 0.2) is 5.90 Å². The Morgan fingerprint density at radius 1 is 1.18 bits per heavy atom. The van der Waals surface area contributed by atoms with E-state index in [1.165, 1.54) is 0 Å². The molecule has 3 nitrogen and oxygen atoms in total. The molecule has 0 atom stereocenters. The molecule has 0 saturated carbocycles. The van der Waals surface area contributed by atoms with Gasteiger partial charge in [-0.3, -0.25) is 0 Å². The fraction of sp³-hybridized carbons (Fsp3) is 0.214. The predicted molar refractivity (Wildman–Crippen MR) is 65.5 cm³/mol. The lowest BCUT2D eigenvalue weighted by Crippen LogP contribution is -2.11. The van der Waals surface area contributed by atoms with Gasteiger partial charge >= 0.3 is 0 Å². The Morgan fingerprint density at radius 3 is 2.88 bits per heavy atom. The summed E-state index contributed by atoms with van der Waals surface area (Å²) in [4.78, 5) is 4.48. The normalized spacial score (nSPS) is 13.8. The molecule has 0 radical (unpaired) electrons. The van der Waals surface area contributed by atoms with Crippen molar-refractivity contribution in [2.45, 2.75) is 20.0 Å². The topological polar surface area (TPSA) is 34.7 Å². The number of nitrogens with zero attached hydrogens (tertiary/aromatic N) is 1. The molecule has 86 valence electrons. The highest BCUT2D eigenvalue weighted by atomic mass is 16.5. The maximum absolute atomic E-state index is 5.61. The second-order valence-corrected chi connectivity index (χ2v) is 4.11. The highest BCUT2D eigenvalue weighted by molar-refractivity contribution is 5.82. The van der Waals surface area contributed by atoms with Gasteiger partial charge in [0.25, 0.3) is 0 Å². The zero-order valence-corrected chi connectivity index (χ0v) is 9.64. The Labute approximate surface area is 99.7 Å². The number of para-hydroxylation sites is 1. The number of fused-ring (bicyclic) bond motifs is 1. The third kappa shape index (κ3) is 2.09. The monoisotopic (exact) mass is 227 g/mol. The molecule has 1 aliphatic heterocycles. The number of ether oxygens (including phenoxy) is 1. The zero-order valence-electron chi connectivity index (χ0n) is 9.64. The van der Waals surface area contributed by atoms with E-state index in [0.29, 0.717) is 13.0 Å². The van der Waals surface area contributed by atoms with E-state index in [9.17, 15) is 0 Å². The first-order valence-electron chi connectivity index (χ1n) is 5.65. The predicted octanol–water partition coefficient (Wildman–Crippen LogP) is 3.39. The fourth-order valence-electron chi connectivity index (χ4n) is 1.89. The molecule has 17 heavy (non-hydrogen) atoms. The highest BCUT2D eigenvalue weighted by Crippen LogP contribution is 2.25. The molecule has 0 unspecified atom stereocenters. The van der Waals surface area contributed by atoms with Crippen LogP contribution < -0.4 is 0 Å². The van der Waals surface area contributed by atoms with Crippen molar-refractivity contribution in [2.75, 3.05) is 0 Å². The van der Waals surface area contributed by atoms with Gasteiger partial charge in [0.05, 0.1) is 12.1 Å². The minimum absolute atomic E-state index is 0.592. The van der Waals surface area contributed by atoms with Crippen LogP contribution in [0.4, 0.5) is 5.69 Å². The number of hydrogen-bond acceptors (Lipinski definition) is 3. The molecule has 1 aromatic carbocycles. The Hall–Kier alpha value is -2.03. The van der Waals surface area contributed by atoms with E-state index in [0.717, 1.165) is 28.7 Å². The molecule has 0 spiro atoms. The molecule has 0 bridgehead atoms. The maximum atomic E-state index is 5.61. The average Bonchev–Trinajstić information content (AvgIpc) is 2.75. The van der Waals surface area contributed by atoms with E-state index >= 15 is 0 Å². The summed E-state index contributed by atoms with van der Waals surface area (Å²) in [6, 6.07) is 11.9. The van der Waals surface area contributed by atoms with Crippen LogP contribution in [0.25, 0.3) is 0 Å². The molecule has 0 saturated heterocycles. The van der Waals surface area contributed by atoms with Crippen molar-refractivity contribution in [3.05, 3.63) is 53.5 Å². The third-order valence-electron chi connectivity index (χ3n) is 2.75. The number of benzene rings is 1. The van der Waals surface area contributed by atoms with Crippen LogP contribution in [-0.2, 0) is 17.8 Å². The fourth-order valence-corrected chi connectivity index (χ4v) is 1.89. The number of rotatable bonds is 2. The lowest BCUT2D eigenvalue weighted by atomic mass is 10.1. The first-order chi connectivity index (χ1) is 8.31. The molecule has 3 rings (SSSR count). The molecule has 2 aromatic rings. The van der Waals surface area contributed by atoms with E-state index < -0.39 is 0 Å². The van der Waals surface area contributed by atoms with Crippen LogP contribution in [0.15, 0.2) is 45.8 Å². The molecule has 3 heteroatoms. The SMILES string of the molecule is Cc1ccc(CC2=Nc3ccccc3CO2)o1. The van der Waals surface area contributed by atoms with E-state index in [4.69, 9.17) is 9.15 Å². The Bertz CT molecular complexity index is 569. The lowest BCUT2D eigenvalue weighted by molar-refractivity contribution is 0.277. The van der Waals surface area contributed by atoms with Crippen LogP contribution in [0, 0.1) is 6.92 Å². The smallest absolute Gasteiger partial charge is 0.196 e. The largest absolute Gasteiger partial charge is 0.475 e. The molecule has 1 aliphatic rings. The quantitative estimate of drug-likeness (QED) is 0.788. The van der Waals surface area contributed by atoms with E-state index in [2.05, 4.69) is 4.99 Å². The van der Waals surface area contributed by atoms with Crippen molar-refractivity contribution in [1.82, 2.24) is 0 Å². The van der Waals surface area contributed by atoms with Crippen LogP contribution in [0.1, 0.15) is 17.1 Å². The molecule has 0 N–H and O–H groups in total. The van der Waals surface area contributed by atoms with Crippen LogP contribution >= 0.6 is 0 Å². The van der Waals surface area contributed by atoms with Gasteiger partial charge in [-0.1, -0.05) is 18.2 Å². The van der Waals surface area contributed by atoms with Crippen molar-refractivity contribution in [3.8, 4) is 0 Å². The maximum Gasteiger partial charge on any atom is 0.196 e. The van der Waals surface area contributed by atoms with E-state index in [1.807, 2.05) is 43.3 Å². The summed E-state index contributed by atoms with van der Waals surface area (Å²) >= 11 is 0. The summed E-state index contributed by atoms with van der Waals surface area (Å²) in [5.74, 6) is 2.52. The average molecular weight is 227 g/mol. The second kappa shape index (κ2) is 4.09. The molecule has 0 fully saturated rings. The lowest BCUT2D eigenvalue weighted by Gasteiger charge is -2.15. The number of furan rings is 1. The molecule has 0 aliphatic carbocycles. The number of aryl methyl sites for hydroxylation is 1. The Balaban J connectivity index is 1.84. The van der Waals surface area contributed by atoms with Gasteiger partial charge in [-0.2, -0.15) is 0 Å². The third-order valence-corrected chi connectivity index (χ3v) is 2.75. The summed E-state index contributed by atoms with van der Waals surface area (Å²) in [5, 5.41) is 0. The molecule has 1 aromatic heterocycles. The van der Waals surface area contributed by atoms with Gasteiger partial charge in [-0.15, -0.1) is 0 Å². The van der Waals surface area contributed by atoms with Gasteiger partial charge in [-0.05, 0) is 25.1 Å². The van der Waals surface area contributed by atoms with Crippen molar-refractivity contribution >= 4 is 11.6 Å². The van der Waals surface area contributed by atoms with Crippen molar-refractivity contribution in [2.24, 2.45) is 4.99 Å². The van der Waals surface area contributed by atoms with E-state index in [1.54, 1.807) is 0 Å². The van der Waals surface area contributed by atoms with Gasteiger partial charge in [0, 0.05) is 5.56 Å². The molecule has 2 heterocycles. The van der Waals surface area contributed by atoms with Crippen molar-refractivity contribution in [3.63, 3.8) is 0 Å². The number of hydrogen-bond donors (Lipinski definition) is 0. The van der Waals surface area contributed by atoms with Gasteiger partial charge in [0.1, 0.15) is 18.1 Å². The summed E-state index contributed by atoms with van der Waals surface area (Å²) in [7, 11) is 0. The summed E-state index contributed by atoms with van der Waals surface area (Å²) in [6.45, 7) is 2.52. The van der Waals surface area contributed by atoms with Gasteiger partial charge < -0.3 is 9.15 Å². The van der Waals surface area contributed by atoms with Crippen LogP contribution in [0.5, 0.6) is 0 Å². The zero-order chi connectivity index (χ0) is 11.7. The first-order valence-corrected chi connectivity index (χ1v) is 5.65. The number of aliphatic imine (C=N–C) groups is 1. The van der Waals surface area contributed by atoms with Gasteiger partial charge in [0.2, 0.25) is 0 Å². The first kappa shape index (κ1) is 10.1. The van der Waals surface area contributed by atoms with Crippen molar-refractivity contribution in [1.29, 1.82) is 0 Å². The summed E-state index contributed by atoms with van der Waals surface area (Å²) in [5.41, 5.74) is 2.13. The molecular weight excluding hydrogens is 214 g/mol. The standard InChI is InChI=1S/C14H13NO2/c1-10-6-7-12(17-10)8-14-15-13-5-3-2-4-11(13)9-16-14/h2-7H,8-9H2,1H3. The Kier molecular flexibility index (Phi) is 2.44. The van der Waals surface area contributed by atoms with Crippen LogP contribution in [-0.4, -0.2) is 5.90 Å².